The number of nitrogen functional groups attached to an aromatic ring is 1. The highest BCUT2D eigenvalue weighted by Gasteiger charge is 1.97. The average Bonchev–Trinajstić information content (AvgIpc) is 2.09. The molecule has 0 aromatic heterocycles. The number of anilines is 2. The van der Waals surface area contributed by atoms with Crippen LogP contribution in [0.25, 0.3) is 0 Å². The summed E-state index contributed by atoms with van der Waals surface area (Å²) < 4.78 is 0. The lowest BCUT2D eigenvalue weighted by molar-refractivity contribution is 1.40. The second-order valence-corrected chi connectivity index (χ2v) is 3.77. The fourth-order valence-electron chi connectivity index (χ4n) is 1.01. The van der Waals surface area contributed by atoms with E-state index < -0.39 is 0 Å². The number of nitrogens with two attached hydrogens (primary N) is 1. The van der Waals surface area contributed by atoms with Crippen molar-refractivity contribution in [3.63, 3.8) is 0 Å². The van der Waals surface area contributed by atoms with Crippen LogP contribution in [0.1, 0.15) is 6.92 Å². The second kappa shape index (κ2) is 4.26. The number of hydrogen-bond donors (Lipinski definition) is 2. The van der Waals surface area contributed by atoms with Gasteiger partial charge in [-0.3, -0.25) is 0 Å². The lowest BCUT2D eigenvalue weighted by Crippen LogP contribution is -1.95. The molecule has 1 aromatic carbocycles. The molecule has 0 aliphatic heterocycles. The third kappa shape index (κ3) is 2.08. The molecular formula is C9H14N2S. The predicted molar refractivity (Wildman–Crippen MR) is 56.8 cm³/mol. The lowest BCUT2D eigenvalue weighted by atomic mass is 10.3. The van der Waals surface area contributed by atoms with Gasteiger partial charge in [-0.25, -0.2) is 0 Å². The second-order valence-electron chi connectivity index (χ2n) is 2.43. The molecule has 0 saturated carbocycles. The summed E-state index contributed by atoms with van der Waals surface area (Å²) in [5, 5.41) is 3.06. The van der Waals surface area contributed by atoms with Crippen LogP contribution >= 0.6 is 11.8 Å². The smallest absolute Gasteiger partial charge is 0.0582 e. The van der Waals surface area contributed by atoms with Crippen LogP contribution < -0.4 is 11.1 Å². The van der Waals surface area contributed by atoms with Gasteiger partial charge in [0.2, 0.25) is 0 Å². The van der Waals surface area contributed by atoms with Crippen molar-refractivity contribution in [2.45, 2.75) is 11.8 Å². The van der Waals surface area contributed by atoms with Crippen molar-refractivity contribution in [1.82, 2.24) is 0 Å². The summed E-state index contributed by atoms with van der Waals surface area (Å²) in [5.74, 6) is 1.09. The molecule has 0 bridgehead atoms. The van der Waals surface area contributed by atoms with Gasteiger partial charge in [0.05, 0.1) is 11.4 Å². The molecule has 0 unspecified atom stereocenters. The number of rotatable bonds is 3. The van der Waals surface area contributed by atoms with E-state index in [1.54, 1.807) is 0 Å². The first kappa shape index (κ1) is 9.26. The third-order valence-corrected chi connectivity index (χ3v) is 2.48. The molecule has 2 nitrogen and oxygen atoms in total. The number of benzene rings is 1. The molecule has 0 amide bonds. The summed E-state index contributed by atoms with van der Waals surface area (Å²) >= 11 is 1.82. The fraction of sp³-hybridized carbons (Fsp3) is 0.333. The zero-order chi connectivity index (χ0) is 8.97. The topological polar surface area (TPSA) is 38.0 Å². The van der Waals surface area contributed by atoms with Crippen LogP contribution in [0.4, 0.5) is 11.4 Å². The molecule has 0 aliphatic carbocycles. The van der Waals surface area contributed by atoms with Crippen LogP contribution in [0.3, 0.4) is 0 Å². The predicted octanol–water partition coefficient (Wildman–Crippen LogP) is 2.42. The van der Waals surface area contributed by atoms with E-state index in [1.165, 1.54) is 4.90 Å². The Hall–Kier alpha value is -0.830. The molecule has 0 atom stereocenters. The Balaban J connectivity index is 2.89. The van der Waals surface area contributed by atoms with E-state index in [0.29, 0.717) is 0 Å². The van der Waals surface area contributed by atoms with Gasteiger partial charge in [0.15, 0.2) is 0 Å². The van der Waals surface area contributed by atoms with E-state index in [4.69, 9.17) is 5.73 Å². The fourth-order valence-corrected chi connectivity index (χ4v) is 1.71. The minimum Gasteiger partial charge on any atom is -0.397 e. The maximum Gasteiger partial charge on any atom is 0.0582 e. The van der Waals surface area contributed by atoms with Crippen molar-refractivity contribution in [3.8, 4) is 0 Å². The standard InChI is InChI=1S/C9H14N2S/c1-3-12-7-4-5-8(10)9(6-7)11-2/h4-6,11H,3,10H2,1-2H3. The molecule has 0 radical (unpaired) electrons. The summed E-state index contributed by atoms with van der Waals surface area (Å²) in [6.45, 7) is 2.14. The molecule has 0 saturated heterocycles. The maximum absolute atomic E-state index is 5.72. The Morgan fingerprint density at radius 3 is 2.83 bits per heavy atom. The van der Waals surface area contributed by atoms with Gasteiger partial charge in [0.25, 0.3) is 0 Å². The normalized spacial score (nSPS) is 9.83. The first-order valence-electron chi connectivity index (χ1n) is 3.98. The van der Waals surface area contributed by atoms with Gasteiger partial charge in [-0.1, -0.05) is 6.92 Å². The van der Waals surface area contributed by atoms with E-state index in [-0.39, 0.29) is 0 Å². The summed E-state index contributed by atoms with van der Waals surface area (Å²) in [6.07, 6.45) is 0. The number of hydrogen-bond acceptors (Lipinski definition) is 3. The lowest BCUT2D eigenvalue weighted by Gasteiger charge is -2.06. The Morgan fingerprint density at radius 1 is 1.50 bits per heavy atom. The zero-order valence-corrected chi connectivity index (χ0v) is 8.24. The van der Waals surface area contributed by atoms with Crippen LogP contribution in [0.2, 0.25) is 0 Å². The van der Waals surface area contributed by atoms with Crippen molar-refractivity contribution in [2.24, 2.45) is 0 Å². The Morgan fingerprint density at radius 2 is 2.25 bits per heavy atom. The van der Waals surface area contributed by atoms with E-state index >= 15 is 0 Å². The number of thioether (sulfide) groups is 1. The average molecular weight is 182 g/mol. The minimum atomic E-state index is 0.804. The summed E-state index contributed by atoms with van der Waals surface area (Å²) in [7, 11) is 1.88. The van der Waals surface area contributed by atoms with Crippen molar-refractivity contribution in [1.29, 1.82) is 0 Å². The highest BCUT2D eigenvalue weighted by molar-refractivity contribution is 7.99. The monoisotopic (exact) mass is 182 g/mol. The Bertz CT molecular complexity index is 261. The van der Waals surface area contributed by atoms with Gasteiger partial charge in [0, 0.05) is 11.9 Å². The van der Waals surface area contributed by atoms with E-state index in [9.17, 15) is 0 Å². The molecule has 66 valence electrons. The van der Waals surface area contributed by atoms with Gasteiger partial charge in [-0.2, -0.15) is 0 Å². The van der Waals surface area contributed by atoms with Gasteiger partial charge in [0.1, 0.15) is 0 Å². The molecule has 0 aliphatic rings. The van der Waals surface area contributed by atoms with Gasteiger partial charge in [-0.05, 0) is 24.0 Å². The van der Waals surface area contributed by atoms with Crippen LogP contribution in [0.5, 0.6) is 0 Å². The SMILES string of the molecule is CCSc1ccc(N)c(NC)c1. The van der Waals surface area contributed by atoms with Gasteiger partial charge < -0.3 is 11.1 Å². The highest BCUT2D eigenvalue weighted by atomic mass is 32.2. The highest BCUT2D eigenvalue weighted by Crippen LogP contribution is 2.25. The number of nitrogens with one attached hydrogen (secondary N) is 1. The molecule has 3 N–H and O–H groups in total. The van der Waals surface area contributed by atoms with Crippen LogP contribution in [0, 0.1) is 0 Å². The Labute approximate surface area is 77.5 Å². The first-order chi connectivity index (χ1) is 5.77. The minimum absolute atomic E-state index is 0.804. The largest absolute Gasteiger partial charge is 0.397 e. The molecule has 1 aromatic rings. The van der Waals surface area contributed by atoms with Gasteiger partial charge >= 0.3 is 0 Å². The van der Waals surface area contributed by atoms with Gasteiger partial charge in [-0.15, -0.1) is 11.8 Å². The van der Waals surface area contributed by atoms with Crippen LogP contribution in [0.15, 0.2) is 23.1 Å². The van der Waals surface area contributed by atoms with E-state index in [1.807, 2.05) is 30.9 Å². The summed E-state index contributed by atoms with van der Waals surface area (Å²) in [6, 6.07) is 6.05. The van der Waals surface area contributed by atoms with Crippen molar-refractivity contribution >= 4 is 23.1 Å². The first-order valence-corrected chi connectivity index (χ1v) is 4.96. The molecule has 0 heterocycles. The quantitative estimate of drug-likeness (QED) is 0.557. The van der Waals surface area contributed by atoms with E-state index in [2.05, 4.69) is 18.3 Å². The molecule has 1 rings (SSSR count). The van der Waals surface area contributed by atoms with Crippen molar-refractivity contribution < 1.29 is 0 Å². The molecule has 3 heteroatoms. The van der Waals surface area contributed by atoms with Crippen molar-refractivity contribution in [2.75, 3.05) is 23.9 Å². The maximum atomic E-state index is 5.72. The molecule has 0 fully saturated rings. The van der Waals surface area contributed by atoms with Crippen LogP contribution in [-0.2, 0) is 0 Å². The summed E-state index contributed by atoms with van der Waals surface area (Å²) in [4.78, 5) is 1.26. The third-order valence-electron chi connectivity index (χ3n) is 1.61. The van der Waals surface area contributed by atoms with Crippen LogP contribution in [-0.4, -0.2) is 12.8 Å². The zero-order valence-electron chi connectivity index (χ0n) is 7.42. The molecule has 12 heavy (non-hydrogen) atoms. The summed E-state index contributed by atoms with van der Waals surface area (Å²) in [5.41, 5.74) is 7.54. The molecular weight excluding hydrogens is 168 g/mol. The van der Waals surface area contributed by atoms with Crippen molar-refractivity contribution in [3.05, 3.63) is 18.2 Å². The Kier molecular flexibility index (Phi) is 3.29. The van der Waals surface area contributed by atoms with E-state index in [0.717, 1.165) is 17.1 Å². The molecule has 0 spiro atoms.